The fraction of sp³-hybridized carbons (Fsp3) is 0.250. The van der Waals surface area contributed by atoms with Gasteiger partial charge < -0.3 is 20.6 Å². The van der Waals surface area contributed by atoms with Crippen molar-refractivity contribution in [1.82, 2.24) is 9.97 Å². The summed E-state index contributed by atoms with van der Waals surface area (Å²) >= 11 is 0. The van der Waals surface area contributed by atoms with Crippen molar-refractivity contribution < 1.29 is 26.2 Å². The molecule has 6 rings (SSSR count). The number of hydrogen-bond donors (Lipinski definition) is 2. The smallest absolute Gasteiger partial charge is 0.663 e. The zero-order chi connectivity index (χ0) is 25.6. The molecule has 0 saturated heterocycles. The second-order valence-electron chi connectivity index (χ2n) is 7.97. The van der Waals surface area contributed by atoms with Gasteiger partial charge in [-0.2, -0.15) is 74.7 Å². The normalized spacial score (nSPS) is 10.1. The average Bonchev–Trinajstić information content (AvgIpc) is 3.49. The number of rotatable bonds is 4. The molecule has 0 aliphatic carbocycles. The van der Waals surface area contributed by atoms with Crippen molar-refractivity contribution in [3.05, 3.63) is 108 Å². The minimum Gasteiger partial charge on any atom is -0.663 e. The SMILES string of the molecule is CC[N-]CC.CC[N-]CC.[Zr+4].[c-]1cccc2c1[nH]c1ccccc12.[c-]1cccc2c1[nH]c1ccccc12. The molecule has 2 aromatic heterocycles. The van der Waals surface area contributed by atoms with Crippen molar-refractivity contribution >= 4 is 43.6 Å². The van der Waals surface area contributed by atoms with Gasteiger partial charge >= 0.3 is 26.2 Å². The second kappa shape index (κ2) is 16.9. The van der Waals surface area contributed by atoms with Gasteiger partial charge in [0.25, 0.3) is 0 Å². The van der Waals surface area contributed by atoms with E-state index in [1.54, 1.807) is 0 Å². The zero-order valence-corrected chi connectivity index (χ0v) is 24.8. The summed E-state index contributed by atoms with van der Waals surface area (Å²) in [7, 11) is 0. The summed E-state index contributed by atoms with van der Waals surface area (Å²) in [4.78, 5) is 6.64. The van der Waals surface area contributed by atoms with Crippen LogP contribution in [0.5, 0.6) is 0 Å². The van der Waals surface area contributed by atoms with Crippen LogP contribution in [0.3, 0.4) is 0 Å². The van der Waals surface area contributed by atoms with Crippen LogP contribution >= 0.6 is 0 Å². The summed E-state index contributed by atoms with van der Waals surface area (Å²) in [5.74, 6) is 0. The monoisotopic (exact) mass is 566 g/mol. The Morgan fingerprint density at radius 2 is 0.865 bits per heavy atom. The van der Waals surface area contributed by atoms with Gasteiger partial charge in [-0.15, -0.1) is 10.8 Å². The van der Waals surface area contributed by atoms with Crippen molar-refractivity contribution in [3.63, 3.8) is 0 Å². The number of benzene rings is 4. The van der Waals surface area contributed by atoms with Crippen LogP contribution in [0.2, 0.25) is 0 Å². The molecule has 188 valence electrons. The zero-order valence-electron chi connectivity index (χ0n) is 22.3. The fourth-order valence-electron chi connectivity index (χ4n) is 3.90. The topological polar surface area (TPSA) is 59.8 Å². The van der Waals surface area contributed by atoms with Crippen LogP contribution in [-0.2, 0) is 26.2 Å². The number of fused-ring (bicyclic) bond motifs is 6. The quantitative estimate of drug-likeness (QED) is 0.200. The summed E-state index contributed by atoms with van der Waals surface area (Å²) in [6.45, 7) is 12.1. The third kappa shape index (κ3) is 8.67. The van der Waals surface area contributed by atoms with Crippen LogP contribution in [0.4, 0.5) is 0 Å². The van der Waals surface area contributed by atoms with Crippen LogP contribution in [0.15, 0.2) is 84.9 Å². The van der Waals surface area contributed by atoms with E-state index in [4.69, 9.17) is 0 Å². The molecule has 0 saturated carbocycles. The van der Waals surface area contributed by atoms with Gasteiger partial charge in [0.15, 0.2) is 0 Å². The van der Waals surface area contributed by atoms with Crippen molar-refractivity contribution in [3.8, 4) is 0 Å². The van der Waals surface area contributed by atoms with E-state index in [1.165, 1.54) is 32.6 Å². The Morgan fingerprint density at radius 3 is 1.22 bits per heavy atom. The van der Waals surface area contributed by atoms with E-state index in [9.17, 15) is 0 Å². The number of nitrogens with zero attached hydrogens (tertiary/aromatic N) is 2. The first-order chi connectivity index (χ1) is 17.7. The predicted octanol–water partition coefficient (Wildman–Crippen LogP) is 9.04. The number of nitrogens with one attached hydrogen (secondary N) is 2. The van der Waals surface area contributed by atoms with Gasteiger partial charge in [0.1, 0.15) is 0 Å². The Hall–Kier alpha value is -2.72. The fourth-order valence-corrected chi connectivity index (χ4v) is 3.90. The predicted molar refractivity (Wildman–Crippen MR) is 158 cm³/mol. The van der Waals surface area contributed by atoms with Gasteiger partial charge in [-0.05, 0) is 22.9 Å². The maximum absolute atomic E-state index is 3.97. The molecule has 0 radical (unpaired) electrons. The summed E-state index contributed by atoms with van der Waals surface area (Å²) in [5.41, 5.74) is 4.53. The third-order valence-corrected chi connectivity index (χ3v) is 5.56. The molecule has 0 aliphatic heterocycles. The summed E-state index contributed by atoms with van der Waals surface area (Å²) in [6.07, 6.45) is 0. The number of aromatic nitrogens is 2. The van der Waals surface area contributed by atoms with Gasteiger partial charge in [0.05, 0.1) is 0 Å². The molecule has 4 nitrogen and oxygen atoms in total. The van der Waals surface area contributed by atoms with Gasteiger partial charge in [-0.3, -0.25) is 0 Å². The molecule has 0 atom stereocenters. The molecule has 37 heavy (non-hydrogen) atoms. The van der Waals surface area contributed by atoms with Gasteiger partial charge in [0.2, 0.25) is 0 Å². The molecular formula is C32H36N4Zr. The first-order valence-electron chi connectivity index (χ1n) is 12.7. The van der Waals surface area contributed by atoms with Crippen molar-refractivity contribution in [1.29, 1.82) is 0 Å². The second-order valence-corrected chi connectivity index (χ2v) is 7.97. The Bertz CT molecular complexity index is 1230. The van der Waals surface area contributed by atoms with Gasteiger partial charge in [-0.25, -0.2) is 0 Å². The summed E-state index contributed by atoms with van der Waals surface area (Å²) in [6, 6.07) is 35.1. The Kier molecular flexibility index (Phi) is 13.9. The molecule has 4 aromatic carbocycles. The number of aromatic amines is 2. The summed E-state index contributed by atoms with van der Waals surface area (Å²) < 4.78 is 0. The first kappa shape index (κ1) is 30.5. The Balaban J connectivity index is 0.000000190. The molecule has 0 bridgehead atoms. The van der Waals surface area contributed by atoms with Crippen LogP contribution in [0.1, 0.15) is 27.7 Å². The van der Waals surface area contributed by atoms with Gasteiger partial charge in [-0.1, -0.05) is 75.1 Å². The molecule has 0 fully saturated rings. The molecule has 0 amide bonds. The molecule has 5 heteroatoms. The summed E-state index contributed by atoms with van der Waals surface area (Å²) in [5, 5.41) is 13.0. The van der Waals surface area contributed by atoms with Crippen LogP contribution in [0, 0.1) is 12.1 Å². The van der Waals surface area contributed by atoms with E-state index < -0.39 is 0 Å². The Labute approximate surface area is 240 Å². The maximum atomic E-state index is 3.97. The molecule has 2 heterocycles. The Morgan fingerprint density at radius 1 is 0.514 bits per heavy atom. The van der Waals surface area contributed by atoms with E-state index in [0.717, 1.165) is 37.2 Å². The van der Waals surface area contributed by atoms with Crippen molar-refractivity contribution in [2.24, 2.45) is 0 Å². The van der Waals surface area contributed by atoms with Crippen LogP contribution in [-0.4, -0.2) is 36.1 Å². The largest absolute Gasteiger partial charge is 4.00 e. The third-order valence-electron chi connectivity index (χ3n) is 5.56. The molecule has 0 spiro atoms. The van der Waals surface area contributed by atoms with Crippen LogP contribution in [0.25, 0.3) is 54.2 Å². The van der Waals surface area contributed by atoms with E-state index in [0.29, 0.717) is 0 Å². The van der Waals surface area contributed by atoms with E-state index >= 15 is 0 Å². The molecule has 0 aliphatic rings. The van der Waals surface area contributed by atoms with Gasteiger partial charge in [0, 0.05) is 11.0 Å². The van der Waals surface area contributed by atoms with E-state index in [2.05, 4.69) is 81.3 Å². The van der Waals surface area contributed by atoms with E-state index in [1.807, 2.05) is 64.1 Å². The van der Waals surface area contributed by atoms with E-state index in [-0.39, 0.29) is 26.2 Å². The van der Waals surface area contributed by atoms with Crippen LogP contribution < -0.4 is 0 Å². The minimum atomic E-state index is 0. The maximum Gasteiger partial charge on any atom is 4.00 e. The van der Waals surface area contributed by atoms with Crippen molar-refractivity contribution in [2.75, 3.05) is 26.2 Å². The van der Waals surface area contributed by atoms with Crippen molar-refractivity contribution in [2.45, 2.75) is 27.7 Å². The minimum absolute atomic E-state index is 0. The molecule has 0 unspecified atom stereocenters. The number of hydrogen-bond acceptors (Lipinski definition) is 0. The number of H-pyrrole nitrogens is 2. The number of para-hydroxylation sites is 4. The average molecular weight is 568 g/mol. The molecular weight excluding hydrogens is 532 g/mol. The first-order valence-corrected chi connectivity index (χ1v) is 12.7. The molecule has 6 aromatic rings. The molecule has 2 N–H and O–H groups in total. The standard InChI is InChI=1S/2C12H8N.2C4H10N.Zr/c2*1-3-7-11-9(5-1)10-6-2-4-8-12(10)13-11;2*1-3-5-4-2;/h2*1-7,13H;2*3-4H2,1-2H3;/q4*-1;+4.